The molecule has 18 heavy (non-hydrogen) atoms. The molecule has 1 nitrogen and oxygen atoms in total. The SMILES string of the molecule is CC/C(=C\CCO)CC/C=C(/C)CCC=C(C)C. The molecule has 0 aromatic rings. The summed E-state index contributed by atoms with van der Waals surface area (Å²) in [5.41, 5.74) is 4.37. The third-order valence-corrected chi connectivity index (χ3v) is 3.07. The molecule has 0 saturated carbocycles. The predicted molar refractivity (Wildman–Crippen MR) is 81.7 cm³/mol. The van der Waals surface area contributed by atoms with Crippen molar-refractivity contribution in [1.29, 1.82) is 0 Å². The molecule has 0 aliphatic heterocycles. The van der Waals surface area contributed by atoms with Crippen LogP contribution in [-0.4, -0.2) is 11.7 Å². The van der Waals surface area contributed by atoms with E-state index in [2.05, 4.69) is 45.9 Å². The second kappa shape index (κ2) is 11.3. The summed E-state index contributed by atoms with van der Waals surface area (Å²) in [5.74, 6) is 0. The first-order chi connectivity index (χ1) is 8.60. The molecule has 0 atom stereocenters. The Balaban J connectivity index is 3.94. The van der Waals surface area contributed by atoms with Gasteiger partial charge in [-0.1, -0.05) is 41.9 Å². The lowest BCUT2D eigenvalue weighted by molar-refractivity contribution is 0.302. The molecular formula is C17H30O. The summed E-state index contributed by atoms with van der Waals surface area (Å²) in [6, 6.07) is 0. The van der Waals surface area contributed by atoms with Crippen molar-refractivity contribution in [2.75, 3.05) is 6.61 Å². The van der Waals surface area contributed by atoms with Crippen LogP contribution in [0, 0.1) is 0 Å². The highest BCUT2D eigenvalue weighted by atomic mass is 16.2. The summed E-state index contributed by atoms with van der Waals surface area (Å²) in [5, 5.41) is 8.80. The van der Waals surface area contributed by atoms with Gasteiger partial charge in [-0.2, -0.15) is 0 Å². The summed E-state index contributed by atoms with van der Waals surface area (Å²) in [6.07, 6.45) is 13.3. The molecule has 0 heterocycles. The lowest BCUT2D eigenvalue weighted by Crippen LogP contribution is -1.85. The Hall–Kier alpha value is -0.820. The van der Waals surface area contributed by atoms with Gasteiger partial charge in [0.2, 0.25) is 0 Å². The molecule has 1 heteroatoms. The van der Waals surface area contributed by atoms with Gasteiger partial charge in [-0.3, -0.25) is 0 Å². The van der Waals surface area contributed by atoms with Crippen LogP contribution < -0.4 is 0 Å². The first-order valence-electron chi connectivity index (χ1n) is 7.17. The summed E-state index contributed by atoms with van der Waals surface area (Å²) in [6.45, 7) is 8.98. The van der Waals surface area contributed by atoms with Gasteiger partial charge in [0.25, 0.3) is 0 Å². The number of allylic oxidation sites excluding steroid dienone is 5. The molecular weight excluding hydrogens is 220 g/mol. The van der Waals surface area contributed by atoms with E-state index in [0.717, 1.165) is 32.1 Å². The number of aliphatic hydroxyl groups excluding tert-OH is 1. The molecule has 0 rings (SSSR count). The average Bonchev–Trinajstić information content (AvgIpc) is 2.33. The molecule has 0 unspecified atom stereocenters. The average molecular weight is 250 g/mol. The van der Waals surface area contributed by atoms with E-state index >= 15 is 0 Å². The van der Waals surface area contributed by atoms with Crippen LogP contribution in [0.25, 0.3) is 0 Å². The Morgan fingerprint density at radius 1 is 0.889 bits per heavy atom. The monoisotopic (exact) mass is 250 g/mol. The third kappa shape index (κ3) is 10.3. The second-order valence-electron chi connectivity index (χ2n) is 5.14. The van der Waals surface area contributed by atoms with E-state index in [1.54, 1.807) is 0 Å². The van der Waals surface area contributed by atoms with Crippen molar-refractivity contribution in [2.24, 2.45) is 0 Å². The van der Waals surface area contributed by atoms with Crippen molar-refractivity contribution in [3.8, 4) is 0 Å². The summed E-state index contributed by atoms with van der Waals surface area (Å²) < 4.78 is 0. The largest absolute Gasteiger partial charge is 0.396 e. The van der Waals surface area contributed by atoms with Gasteiger partial charge in [0.15, 0.2) is 0 Å². The van der Waals surface area contributed by atoms with Gasteiger partial charge in [0.05, 0.1) is 0 Å². The quantitative estimate of drug-likeness (QED) is 0.559. The highest BCUT2D eigenvalue weighted by Crippen LogP contribution is 2.14. The topological polar surface area (TPSA) is 20.2 Å². The number of rotatable bonds is 9. The van der Waals surface area contributed by atoms with Crippen LogP contribution in [0.1, 0.15) is 66.2 Å². The molecule has 0 saturated heterocycles. The van der Waals surface area contributed by atoms with Gasteiger partial charge < -0.3 is 5.11 Å². The van der Waals surface area contributed by atoms with Crippen molar-refractivity contribution >= 4 is 0 Å². The fourth-order valence-electron chi connectivity index (χ4n) is 1.89. The normalized spacial score (nSPS) is 12.7. The highest BCUT2D eigenvalue weighted by Gasteiger charge is 1.94. The van der Waals surface area contributed by atoms with Gasteiger partial charge in [-0.05, 0) is 59.3 Å². The Bertz CT molecular complexity index is 291. The zero-order chi connectivity index (χ0) is 13.8. The maximum absolute atomic E-state index is 8.80. The first-order valence-corrected chi connectivity index (χ1v) is 7.17. The Morgan fingerprint density at radius 3 is 2.11 bits per heavy atom. The Morgan fingerprint density at radius 2 is 1.56 bits per heavy atom. The molecule has 0 aromatic carbocycles. The van der Waals surface area contributed by atoms with E-state index in [1.165, 1.54) is 23.1 Å². The van der Waals surface area contributed by atoms with Crippen molar-refractivity contribution < 1.29 is 5.11 Å². The predicted octanol–water partition coefficient (Wildman–Crippen LogP) is 5.18. The van der Waals surface area contributed by atoms with Gasteiger partial charge in [-0.15, -0.1) is 0 Å². The number of aliphatic hydroxyl groups is 1. The lowest BCUT2D eigenvalue weighted by Gasteiger charge is -2.03. The molecule has 0 bridgehead atoms. The third-order valence-electron chi connectivity index (χ3n) is 3.07. The maximum atomic E-state index is 8.80. The summed E-state index contributed by atoms with van der Waals surface area (Å²) >= 11 is 0. The minimum Gasteiger partial charge on any atom is -0.396 e. The second-order valence-corrected chi connectivity index (χ2v) is 5.14. The summed E-state index contributed by atoms with van der Waals surface area (Å²) in [7, 11) is 0. The maximum Gasteiger partial charge on any atom is 0.0465 e. The minimum atomic E-state index is 0.265. The van der Waals surface area contributed by atoms with Crippen LogP contribution in [0.3, 0.4) is 0 Å². The molecule has 0 aromatic heterocycles. The van der Waals surface area contributed by atoms with Crippen LogP contribution in [0.4, 0.5) is 0 Å². The molecule has 0 spiro atoms. The van der Waals surface area contributed by atoms with Crippen LogP contribution in [0.5, 0.6) is 0 Å². The summed E-state index contributed by atoms with van der Waals surface area (Å²) in [4.78, 5) is 0. The van der Waals surface area contributed by atoms with Crippen molar-refractivity contribution in [2.45, 2.75) is 66.2 Å². The molecule has 0 radical (unpaired) electrons. The van der Waals surface area contributed by atoms with Gasteiger partial charge in [0.1, 0.15) is 0 Å². The van der Waals surface area contributed by atoms with E-state index in [4.69, 9.17) is 5.11 Å². The fourth-order valence-corrected chi connectivity index (χ4v) is 1.89. The van der Waals surface area contributed by atoms with Gasteiger partial charge in [-0.25, -0.2) is 0 Å². The first kappa shape index (κ1) is 17.2. The zero-order valence-electron chi connectivity index (χ0n) is 12.6. The van der Waals surface area contributed by atoms with Crippen molar-refractivity contribution in [3.63, 3.8) is 0 Å². The lowest BCUT2D eigenvalue weighted by atomic mass is 10.0. The number of hydrogen-bond donors (Lipinski definition) is 1. The standard InChI is InChI=1S/C17H30O/c1-5-17(13-8-14-18)12-7-11-16(4)10-6-9-15(2)3/h9,11,13,18H,5-8,10,12,14H2,1-4H3/b16-11-,17-13+. The van der Waals surface area contributed by atoms with Crippen LogP contribution in [0.15, 0.2) is 34.9 Å². The molecule has 1 N–H and O–H groups in total. The zero-order valence-corrected chi connectivity index (χ0v) is 12.6. The van der Waals surface area contributed by atoms with Crippen molar-refractivity contribution in [3.05, 3.63) is 34.9 Å². The van der Waals surface area contributed by atoms with Gasteiger partial charge >= 0.3 is 0 Å². The minimum absolute atomic E-state index is 0.265. The Labute approximate surface area is 113 Å². The van der Waals surface area contributed by atoms with E-state index in [1.807, 2.05) is 0 Å². The molecule has 104 valence electrons. The van der Waals surface area contributed by atoms with Crippen LogP contribution >= 0.6 is 0 Å². The van der Waals surface area contributed by atoms with Gasteiger partial charge in [0, 0.05) is 6.61 Å². The molecule has 0 fully saturated rings. The fraction of sp³-hybridized carbons (Fsp3) is 0.647. The van der Waals surface area contributed by atoms with E-state index in [-0.39, 0.29) is 6.61 Å². The van der Waals surface area contributed by atoms with E-state index < -0.39 is 0 Å². The Kier molecular flexibility index (Phi) is 10.8. The molecule has 0 aliphatic carbocycles. The van der Waals surface area contributed by atoms with Crippen LogP contribution in [-0.2, 0) is 0 Å². The highest BCUT2D eigenvalue weighted by molar-refractivity contribution is 5.06. The number of hydrogen-bond acceptors (Lipinski definition) is 1. The van der Waals surface area contributed by atoms with E-state index in [0.29, 0.717) is 0 Å². The molecule has 0 aliphatic rings. The van der Waals surface area contributed by atoms with E-state index in [9.17, 15) is 0 Å². The van der Waals surface area contributed by atoms with Crippen molar-refractivity contribution in [1.82, 2.24) is 0 Å². The van der Waals surface area contributed by atoms with Crippen LogP contribution in [0.2, 0.25) is 0 Å². The molecule has 0 amide bonds. The smallest absolute Gasteiger partial charge is 0.0465 e.